The van der Waals surface area contributed by atoms with Crippen LogP contribution in [0, 0.1) is 0 Å². The summed E-state index contributed by atoms with van der Waals surface area (Å²) in [5.41, 5.74) is 0.733. The van der Waals surface area contributed by atoms with Gasteiger partial charge in [0.2, 0.25) is 0 Å². The fourth-order valence-corrected chi connectivity index (χ4v) is 1.70. The summed E-state index contributed by atoms with van der Waals surface area (Å²) in [6.07, 6.45) is 0. The lowest BCUT2D eigenvalue weighted by molar-refractivity contribution is 0.0954. The topological polar surface area (TPSA) is 50.4 Å². The van der Waals surface area contributed by atoms with Crippen LogP contribution in [0.3, 0.4) is 0 Å². The normalized spacial score (nSPS) is 10.2. The van der Waals surface area contributed by atoms with Crippen molar-refractivity contribution in [2.24, 2.45) is 0 Å². The molecule has 1 heterocycles. The van der Waals surface area contributed by atoms with Gasteiger partial charge in [-0.25, -0.2) is 0 Å². The SMILES string of the molecule is COCCNCCNC(=O)c1ccsc1. The van der Waals surface area contributed by atoms with Gasteiger partial charge in [0.1, 0.15) is 0 Å². The Hall–Kier alpha value is -0.910. The highest BCUT2D eigenvalue weighted by molar-refractivity contribution is 7.08. The molecule has 0 radical (unpaired) electrons. The second-order valence-corrected chi connectivity index (χ2v) is 3.79. The average Bonchev–Trinajstić information content (AvgIpc) is 2.76. The summed E-state index contributed by atoms with van der Waals surface area (Å²) in [5, 5.41) is 9.71. The number of carbonyl (C=O) groups is 1. The minimum Gasteiger partial charge on any atom is -0.383 e. The Bertz CT molecular complexity index is 275. The number of thiophene rings is 1. The molecule has 0 bridgehead atoms. The van der Waals surface area contributed by atoms with Crippen LogP contribution in [0.5, 0.6) is 0 Å². The van der Waals surface area contributed by atoms with Crippen molar-refractivity contribution in [2.75, 3.05) is 33.4 Å². The molecule has 2 N–H and O–H groups in total. The van der Waals surface area contributed by atoms with Crippen LogP contribution < -0.4 is 10.6 Å². The Balaban J connectivity index is 2.03. The smallest absolute Gasteiger partial charge is 0.252 e. The third-order valence-electron chi connectivity index (χ3n) is 1.85. The quantitative estimate of drug-likeness (QED) is 0.676. The van der Waals surface area contributed by atoms with Crippen LogP contribution in [-0.4, -0.2) is 39.3 Å². The molecule has 0 aliphatic rings. The van der Waals surface area contributed by atoms with E-state index in [1.54, 1.807) is 7.11 Å². The highest BCUT2D eigenvalue weighted by Gasteiger charge is 2.03. The average molecular weight is 228 g/mol. The lowest BCUT2D eigenvalue weighted by Crippen LogP contribution is -2.32. The van der Waals surface area contributed by atoms with Crippen molar-refractivity contribution in [3.63, 3.8) is 0 Å². The third kappa shape index (κ3) is 4.92. The van der Waals surface area contributed by atoms with Gasteiger partial charge in [0.05, 0.1) is 6.61 Å². The molecule has 1 aromatic heterocycles. The molecular formula is C10H16N2O2S. The maximum Gasteiger partial charge on any atom is 0.252 e. The zero-order chi connectivity index (χ0) is 10.9. The number of hydrogen-bond donors (Lipinski definition) is 2. The summed E-state index contributed by atoms with van der Waals surface area (Å²) in [6.45, 7) is 2.90. The van der Waals surface area contributed by atoms with Crippen LogP contribution in [-0.2, 0) is 4.74 Å². The van der Waals surface area contributed by atoms with Gasteiger partial charge < -0.3 is 15.4 Å². The maximum atomic E-state index is 11.4. The Morgan fingerprint density at radius 2 is 2.33 bits per heavy atom. The molecule has 0 aromatic carbocycles. The molecule has 0 unspecified atom stereocenters. The van der Waals surface area contributed by atoms with Crippen molar-refractivity contribution >= 4 is 17.2 Å². The molecule has 0 aliphatic carbocycles. The number of methoxy groups -OCH3 is 1. The molecule has 84 valence electrons. The monoisotopic (exact) mass is 228 g/mol. The van der Waals surface area contributed by atoms with E-state index in [9.17, 15) is 4.79 Å². The predicted octanol–water partition coefficient (Wildman–Crippen LogP) is 0.714. The van der Waals surface area contributed by atoms with Gasteiger partial charge in [-0.05, 0) is 11.4 Å². The van der Waals surface area contributed by atoms with Gasteiger partial charge in [-0.15, -0.1) is 0 Å². The first-order valence-electron chi connectivity index (χ1n) is 4.84. The van der Waals surface area contributed by atoms with E-state index in [4.69, 9.17) is 4.74 Å². The molecule has 0 fully saturated rings. The zero-order valence-electron chi connectivity index (χ0n) is 8.79. The van der Waals surface area contributed by atoms with Gasteiger partial charge in [-0.1, -0.05) is 0 Å². The van der Waals surface area contributed by atoms with Crippen molar-refractivity contribution in [1.82, 2.24) is 10.6 Å². The summed E-state index contributed by atoms with van der Waals surface area (Å²) in [7, 11) is 1.67. The summed E-state index contributed by atoms with van der Waals surface area (Å²) in [4.78, 5) is 11.4. The van der Waals surface area contributed by atoms with E-state index in [2.05, 4.69) is 10.6 Å². The highest BCUT2D eigenvalue weighted by Crippen LogP contribution is 2.04. The Kier molecular flexibility index (Phi) is 5.99. The van der Waals surface area contributed by atoms with Crippen molar-refractivity contribution in [1.29, 1.82) is 0 Å². The van der Waals surface area contributed by atoms with E-state index in [1.807, 2.05) is 16.8 Å². The van der Waals surface area contributed by atoms with Crippen LogP contribution in [0.1, 0.15) is 10.4 Å². The third-order valence-corrected chi connectivity index (χ3v) is 2.54. The largest absolute Gasteiger partial charge is 0.383 e. The number of rotatable bonds is 7. The fourth-order valence-electron chi connectivity index (χ4n) is 1.06. The second kappa shape index (κ2) is 7.39. The van der Waals surface area contributed by atoms with Gasteiger partial charge in [-0.2, -0.15) is 11.3 Å². The van der Waals surface area contributed by atoms with Gasteiger partial charge in [0, 0.05) is 37.7 Å². The van der Waals surface area contributed by atoms with E-state index in [-0.39, 0.29) is 5.91 Å². The Labute approximate surface area is 93.6 Å². The number of nitrogens with one attached hydrogen (secondary N) is 2. The van der Waals surface area contributed by atoms with Crippen LogP contribution in [0.2, 0.25) is 0 Å². The van der Waals surface area contributed by atoms with Gasteiger partial charge in [0.25, 0.3) is 5.91 Å². The molecule has 1 rings (SSSR count). The first kappa shape index (κ1) is 12.2. The molecule has 0 spiro atoms. The van der Waals surface area contributed by atoms with Crippen molar-refractivity contribution in [3.8, 4) is 0 Å². The molecule has 15 heavy (non-hydrogen) atoms. The fraction of sp³-hybridized carbons (Fsp3) is 0.500. The molecule has 5 heteroatoms. The summed E-state index contributed by atoms with van der Waals surface area (Å²) in [5.74, 6) is -0.00945. The Morgan fingerprint density at radius 1 is 1.47 bits per heavy atom. The summed E-state index contributed by atoms with van der Waals surface area (Å²) >= 11 is 1.53. The molecule has 1 aromatic rings. The number of hydrogen-bond acceptors (Lipinski definition) is 4. The second-order valence-electron chi connectivity index (χ2n) is 3.01. The molecule has 4 nitrogen and oxygen atoms in total. The van der Waals surface area contributed by atoms with Crippen LogP contribution in [0.15, 0.2) is 16.8 Å². The highest BCUT2D eigenvalue weighted by atomic mass is 32.1. The lowest BCUT2D eigenvalue weighted by atomic mass is 10.3. The van der Waals surface area contributed by atoms with E-state index in [0.717, 1.165) is 18.7 Å². The molecule has 0 aliphatic heterocycles. The number of carbonyl (C=O) groups excluding carboxylic acids is 1. The van der Waals surface area contributed by atoms with Crippen molar-refractivity contribution in [2.45, 2.75) is 0 Å². The minimum atomic E-state index is -0.00945. The lowest BCUT2D eigenvalue weighted by Gasteiger charge is -2.05. The molecule has 0 saturated heterocycles. The molecule has 1 amide bonds. The van der Waals surface area contributed by atoms with Crippen LogP contribution in [0.4, 0.5) is 0 Å². The number of amides is 1. The first-order chi connectivity index (χ1) is 7.34. The van der Waals surface area contributed by atoms with Crippen molar-refractivity contribution < 1.29 is 9.53 Å². The zero-order valence-corrected chi connectivity index (χ0v) is 9.60. The molecule has 0 atom stereocenters. The van der Waals surface area contributed by atoms with Gasteiger partial charge >= 0.3 is 0 Å². The van der Waals surface area contributed by atoms with Gasteiger partial charge in [0.15, 0.2) is 0 Å². The van der Waals surface area contributed by atoms with Gasteiger partial charge in [-0.3, -0.25) is 4.79 Å². The maximum absolute atomic E-state index is 11.4. The van der Waals surface area contributed by atoms with E-state index >= 15 is 0 Å². The molecular weight excluding hydrogens is 212 g/mol. The van der Waals surface area contributed by atoms with E-state index < -0.39 is 0 Å². The minimum absolute atomic E-state index is 0.00945. The first-order valence-corrected chi connectivity index (χ1v) is 5.79. The van der Waals surface area contributed by atoms with E-state index in [1.165, 1.54) is 11.3 Å². The predicted molar refractivity (Wildman–Crippen MR) is 61.4 cm³/mol. The van der Waals surface area contributed by atoms with Crippen LogP contribution in [0.25, 0.3) is 0 Å². The Morgan fingerprint density at radius 3 is 3.00 bits per heavy atom. The molecule has 0 saturated carbocycles. The van der Waals surface area contributed by atoms with Crippen LogP contribution >= 0.6 is 11.3 Å². The van der Waals surface area contributed by atoms with Crippen molar-refractivity contribution in [3.05, 3.63) is 22.4 Å². The summed E-state index contributed by atoms with van der Waals surface area (Å²) in [6, 6.07) is 1.82. The number of ether oxygens (including phenoxy) is 1. The summed E-state index contributed by atoms with van der Waals surface area (Å²) < 4.78 is 4.88. The van der Waals surface area contributed by atoms with E-state index in [0.29, 0.717) is 13.2 Å². The standard InChI is InChI=1S/C10H16N2O2S/c1-14-6-5-11-3-4-12-10(13)9-2-7-15-8-9/h2,7-8,11H,3-6H2,1H3,(H,12,13).